The average Bonchev–Trinajstić information content (AvgIpc) is 3.26. The zero-order chi connectivity index (χ0) is 21.5. The number of nitrogens with zero attached hydrogens (tertiary/aromatic N) is 1. The van der Waals surface area contributed by atoms with Crippen LogP contribution in [0.2, 0.25) is 0 Å². The summed E-state index contributed by atoms with van der Waals surface area (Å²) in [5.41, 5.74) is 3.77. The van der Waals surface area contributed by atoms with Gasteiger partial charge in [0.15, 0.2) is 0 Å². The first-order valence-electron chi connectivity index (χ1n) is 9.87. The van der Waals surface area contributed by atoms with Crippen LogP contribution in [0.3, 0.4) is 0 Å². The Morgan fingerprint density at radius 3 is 2.30 bits per heavy atom. The first-order chi connectivity index (χ1) is 14.5. The van der Waals surface area contributed by atoms with E-state index in [-0.39, 0.29) is 30.9 Å². The summed E-state index contributed by atoms with van der Waals surface area (Å²) < 4.78 is 5.54. The van der Waals surface area contributed by atoms with Gasteiger partial charge in [-0.1, -0.05) is 48.5 Å². The maximum absolute atomic E-state index is 12.6. The van der Waals surface area contributed by atoms with E-state index in [0.29, 0.717) is 0 Å². The number of anilines is 1. The number of benzene rings is 2. The number of aryl methyl sites for hydroxylation is 2. The molecule has 0 bridgehead atoms. The summed E-state index contributed by atoms with van der Waals surface area (Å²) >= 11 is 0. The van der Waals surface area contributed by atoms with Crippen LogP contribution in [0.1, 0.15) is 28.5 Å². The zero-order valence-corrected chi connectivity index (χ0v) is 17.5. The maximum atomic E-state index is 12.6. The van der Waals surface area contributed by atoms with E-state index in [1.54, 1.807) is 13.3 Å². The van der Waals surface area contributed by atoms with Gasteiger partial charge in [0.05, 0.1) is 25.4 Å². The quantitative estimate of drug-likeness (QED) is 0.600. The molecular formula is C24H27N3O3. The molecule has 0 radical (unpaired) electrons. The molecule has 3 aromatic rings. The Balaban J connectivity index is 1.58. The molecule has 0 fully saturated rings. The molecule has 0 aliphatic carbocycles. The number of nitrogens with one attached hydrogen (secondary N) is 2. The molecular weight excluding hydrogens is 378 g/mol. The van der Waals surface area contributed by atoms with Crippen molar-refractivity contribution in [3.63, 3.8) is 0 Å². The molecule has 6 nitrogen and oxygen atoms in total. The molecule has 30 heavy (non-hydrogen) atoms. The summed E-state index contributed by atoms with van der Waals surface area (Å²) in [6.45, 7) is 3.94. The average molecular weight is 405 g/mol. The van der Waals surface area contributed by atoms with Crippen LogP contribution in [0.15, 0.2) is 71.3 Å². The van der Waals surface area contributed by atoms with Crippen molar-refractivity contribution in [1.82, 2.24) is 10.2 Å². The summed E-state index contributed by atoms with van der Waals surface area (Å²) in [4.78, 5) is 26.5. The fraction of sp³-hybridized carbons (Fsp3) is 0.250. The molecule has 0 spiro atoms. The van der Waals surface area contributed by atoms with E-state index < -0.39 is 0 Å². The van der Waals surface area contributed by atoms with Crippen molar-refractivity contribution in [3.8, 4) is 0 Å². The molecule has 2 N–H and O–H groups in total. The van der Waals surface area contributed by atoms with E-state index in [9.17, 15) is 9.59 Å². The normalized spacial score (nSPS) is 11.7. The number of carbonyl (C=O) groups excluding carboxylic acids is 2. The number of carbonyl (C=O) groups is 2. The molecule has 0 aliphatic heterocycles. The van der Waals surface area contributed by atoms with Gasteiger partial charge in [-0.3, -0.25) is 14.9 Å². The third kappa shape index (κ3) is 5.36. The van der Waals surface area contributed by atoms with E-state index in [1.807, 2.05) is 74.5 Å². The van der Waals surface area contributed by atoms with Gasteiger partial charge in [0.1, 0.15) is 5.76 Å². The fourth-order valence-corrected chi connectivity index (χ4v) is 3.30. The summed E-state index contributed by atoms with van der Waals surface area (Å²) in [6.07, 6.45) is 1.61. The molecule has 0 aliphatic rings. The Labute approximate surface area is 176 Å². The highest BCUT2D eigenvalue weighted by Crippen LogP contribution is 2.22. The van der Waals surface area contributed by atoms with Crippen LogP contribution in [0.25, 0.3) is 0 Å². The lowest BCUT2D eigenvalue weighted by Gasteiger charge is -2.21. The molecule has 1 heterocycles. The summed E-state index contributed by atoms with van der Waals surface area (Å²) in [7, 11) is 1.62. The SMILES string of the molecule is Cc1cccc(C)c1NC(=O)CN(C)C(=O)CN[C@@H](c1ccccc1)c1ccco1. The van der Waals surface area contributed by atoms with Crippen molar-refractivity contribution in [2.45, 2.75) is 19.9 Å². The number of hydrogen-bond donors (Lipinski definition) is 2. The molecule has 2 aromatic carbocycles. The van der Waals surface area contributed by atoms with Crippen molar-refractivity contribution >= 4 is 17.5 Å². The van der Waals surface area contributed by atoms with Gasteiger partial charge in [-0.05, 0) is 42.7 Å². The molecule has 6 heteroatoms. The predicted molar refractivity (Wildman–Crippen MR) is 117 cm³/mol. The third-order valence-electron chi connectivity index (χ3n) is 4.97. The van der Waals surface area contributed by atoms with Crippen LogP contribution in [-0.4, -0.2) is 36.9 Å². The fourth-order valence-electron chi connectivity index (χ4n) is 3.30. The Hall–Kier alpha value is -3.38. The second-order valence-electron chi connectivity index (χ2n) is 7.30. The second kappa shape index (κ2) is 9.89. The Bertz CT molecular complexity index is 964. The second-order valence-corrected chi connectivity index (χ2v) is 7.30. The molecule has 0 saturated heterocycles. The number of furan rings is 1. The van der Waals surface area contributed by atoms with Gasteiger partial charge < -0.3 is 14.6 Å². The summed E-state index contributed by atoms with van der Waals surface area (Å²) in [6, 6.07) is 19.1. The van der Waals surface area contributed by atoms with Crippen LogP contribution >= 0.6 is 0 Å². The Kier molecular flexibility index (Phi) is 7.03. The van der Waals surface area contributed by atoms with Crippen LogP contribution in [0.4, 0.5) is 5.69 Å². The number of rotatable bonds is 8. The largest absolute Gasteiger partial charge is 0.467 e. The summed E-state index contributed by atoms with van der Waals surface area (Å²) in [5.74, 6) is 0.317. The van der Waals surface area contributed by atoms with Gasteiger partial charge in [-0.15, -0.1) is 0 Å². The molecule has 1 atom stereocenters. The standard InChI is InChI=1S/C24H27N3O3/c1-17-9-7-10-18(2)23(17)26-21(28)16-27(3)22(29)15-25-24(20-13-8-14-30-20)19-11-5-4-6-12-19/h4-14,24-25H,15-16H2,1-3H3,(H,26,28)/t24-/m0/s1. The topological polar surface area (TPSA) is 74.6 Å². The lowest BCUT2D eigenvalue weighted by atomic mass is 10.0. The van der Waals surface area contributed by atoms with Gasteiger partial charge in [-0.25, -0.2) is 0 Å². The van der Waals surface area contributed by atoms with E-state index in [4.69, 9.17) is 4.42 Å². The van der Waals surface area contributed by atoms with Crippen molar-refractivity contribution < 1.29 is 14.0 Å². The maximum Gasteiger partial charge on any atom is 0.243 e. The van der Waals surface area contributed by atoms with E-state index in [0.717, 1.165) is 28.1 Å². The number of para-hydroxylation sites is 1. The van der Waals surface area contributed by atoms with Crippen molar-refractivity contribution in [2.24, 2.45) is 0 Å². The van der Waals surface area contributed by atoms with Crippen molar-refractivity contribution in [1.29, 1.82) is 0 Å². The molecule has 0 saturated carbocycles. The van der Waals surface area contributed by atoms with Crippen LogP contribution < -0.4 is 10.6 Å². The molecule has 3 rings (SSSR count). The predicted octanol–water partition coefficient (Wildman–Crippen LogP) is 3.67. The van der Waals surface area contributed by atoms with Crippen molar-refractivity contribution in [3.05, 3.63) is 89.4 Å². The molecule has 2 amide bonds. The number of likely N-dealkylation sites (N-methyl/N-ethyl adjacent to an activating group) is 1. The lowest BCUT2D eigenvalue weighted by Crippen LogP contribution is -2.41. The Morgan fingerprint density at radius 1 is 0.967 bits per heavy atom. The monoisotopic (exact) mass is 405 g/mol. The first-order valence-corrected chi connectivity index (χ1v) is 9.87. The van der Waals surface area contributed by atoms with Gasteiger partial charge in [0.2, 0.25) is 11.8 Å². The summed E-state index contributed by atoms with van der Waals surface area (Å²) in [5, 5.41) is 6.15. The minimum atomic E-state index is -0.248. The lowest BCUT2D eigenvalue weighted by molar-refractivity contribution is -0.132. The van der Waals surface area contributed by atoms with Crippen LogP contribution in [0, 0.1) is 13.8 Å². The van der Waals surface area contributed by atoms with Gasteiger partial charge in [0.25, 0.3) is 0 Å². The minimum absolute atomic E-state index is 0.0228. The molecule has 156 valence electrons. The van der Waals surface area contributed by atoms with E-state index in [1.165, 1.54) is 4.90 Å². The molecule has 1 aromatic heterocycles. The Morgan fingerprint density at radius 2 is 1.67 bits per heavy atom. The molecule has 0 unspecified atom stereocenters. The number of hydrogen-bond acceptors (Lipinski definition) is 4. The third-order valence-corrected chi connectivity index (χ3v) is 4.97. The van der Waals surface area contributed by atoms with Gasteiger partial charge >= 0.3 is 0 Å². The first kappa shape index (κ1) is 21.3. The minimum Gasteiger partial charge on any atom is -0.467 e. The highest BCUT2D eigenvalue weighted by atomic mass is 16.3. The van der Waals surface area contributed by atoms with Crippen LogP contribution in [0.5, 0.6) is 0 Å². The van der Waals surface area contributed by atoms with Gasteiger partial charge in [0, 0.05) is 12.7 Å². The van der Waals surface area contributed by atoms with E-state index >= 15 is 0 Å². The van der Waals surface area contributed by atoms with E-state index in [2.05, 4.69) is 10.6 Å². The smallest absolute Gasteiger partial charge is 0.243 e. The van der Waals surface area contributed by atoms with Crippen molar-refractivity contribution in [2.75, 3.05) is 25.5 Å². The highest BCUT2D eigenvalue weighted by molar-refractivity contribution is 5.95. The van der Waals surface area contributed by atoms with Crippen LogP contribution in [-0.2, 0) is 9.59 Å². The van der Waals surface area contributed by atoms with Gasteiger partial charge in [-0.2, -0.15) is 0 Å². The highest BCUT2D eigenvalue weighted by Gasteiger charge is 2.20. The number of amides is 2. The zero-order valence-electron chi connectivity index (χ0n) is 17.5.